The van der Waals surface area contributed by atoms with E-state index in [9.17, 15) is 9.90 Å². The summed E-state index contributed by atoms with van der Waals surface area (Å²) in [5, 5.41) is 18.8. The van der Waals surface area contributed by atoms with E-state index in [2.05, 4.69) is 0 Å². The fourth-order valence-corrected chi connectivity index (χ4v) is 2.88. The van der Waals surface area contributed by atoms with Gasteiger partial charge in [0.1, 0.15) is 36.0 Å². The van der Waals surface area contributed by atoms with Gasteiger partial charge < -0.3 is 19.7 Å². The van der Waals surface area contributed by atoms with Crippen LogP contribution < -0.4 is 9.47 Å². The number of ether oxygens (including phenoxy) is 2. The van der Waals surface area contributed by atoms with Gasteiger partial charge in [-0.2, -0.15) is 0 Å². The van der Waals surface area contributed by atoms with E-state index in [0.29, 0.717) is 13.2 Å². The van der Waals surface area contributed by atoms with Crippen LogP contribution in [0.25, 0.3) is 0 Å². The lowest BCUT2D eigenvalue weighted by Crippen LogP contribution is -2.09. The van der Waals surface area contributed by atoms with Crippen LogP contribution in [0, 0.1) is 0 Å². The number of carboxylic acid groups (broad SMARTS) is 1. The zero-order chi connectivity index (χ0) is 19.9. The number of para-hydroxylation sites is 1. The van der Waals surface area contributed by atoms with Crippen molar-refractivity contribution in [1.82, 2.24) is 0 Å². The molecular formula is C23H22O5. The molecule has 3 rings (SSSR count). The van der Waals surface area contributed by atoms with Gasteiger partial charge in [-0.15, -0.1) is 0 Å². The third-order valence-electron chi connectivity index (χ3n) is 4.50. The molecule has 0 fully saturated rings. The summed E-state index contributed by atoms with van der Waals surface area (Å²) >= 11 is 0. The standard InChI is InChI=1S/C23H22O5/c1-16(18-9-12-22(24)21(15-18)23(25)26)17-7-10-20(11-8-17)28-14-13-27-19-5-3-2-4-6-19/h2-12,15-16,24H,13-14H2,1H3,(H,25,26). The molecule has 3 aromatic rings. The fourth-order valence-electron chi connectivity index (χ4n) is 2.88. The topological polar surface area (TPSA) is 76.0 Å². The first kappa shape index (κ1) is 19.3. The molecule has 0 aliphatic heterocycles. The molecule has 3 aromatic carbocycles. The van der Waals surface area contributed by atoms with Crippen molar-refractivity contribution in [1.29, 1.82) is 0 Å². The number of benzene rings is 3. The smallest absolute Gasteiger partial charge is 0.339 e. The Hall–Kier alpha value is -3.47. The molecule has 0 aromatic heterocycles. The van der Waals surface area contributed by atoms with E-state index < -0.39 is 5.97 Å². The molecular weight excluding hydrogens is 356 g/mol. The molecule has 0 saturated heterocycles. The second kappa shape index (κ2) is 8.95. The first-order valence-corrected chi connectivity index (χ1v) is 9.01. The number of aromatic hydroxyl groups is 1. The highest BCUT2D eigenvalue weighted by Gasteiger charge is 2.15. The first-order valence-electron chi connectivity index (χ1n) is 9.01. The number of hydrogen-bond acceptors (Lipinski definition) is 4. The van der Waals surface area contributed by atoms with Crippen molar-refractivity contribution in [2.24, 2.45) is 0 Å². The number of carbonyl (C=O) groups is 1. The van der Waals surface area contributed by atoms with Crippen LogP contribution in [0.1, 0.15) is 34.3 Å². The zero-order valence-electron chi connectivity index (χ0n) is 15.5. The highest BCUT2D eigenvalue weighted by molar-refractivity contribution is 5.91. The SMILES string of the molecule is CC(c1ccc(OCCOc2ccccc2)cc1)c1ccc(O)c(C(=O)O)c1. The van der Waals surface area contributed by atoms with Crippen LogP contribution in [0.2, 0.25) is 0 Å². The molecule has 28 heavy (non-hydrogen) atoms. The average Bonchev–Trinajstić information content (AvgIpc) is 2.72. The van der Waals surface area contributed by atoms with Crippen LogP contribution in [0.15, 0.2) is 72.8 Å². The fraction of sp³-hybridized carbons (Fsp3) is 0.174. The Morgan fingerprint density at radius 2 is 1.43 bits per heavy atom. The van der Waals surface area contributed by atoms with Gasteiger partial charge in [0.15, 0.2) is 0 Å². The molecule has 2 N–H and O–H groups in total. The van der Waals surface area contributed by atoms with Gasteiger partial charge in [-0.05, 0) is 47.5 Å². The van der Waals surface area contributed by atoms with Crippen LogP contribution in [-0.2, 0) is 0 Å². The van der Waals surface area contributed by atoms with Gasteiger partial charge >= 0.3 is 5.97 Å². The quantitative estimate of drug-likeness (QED) is 0.556. The summed E-state index contributed by atoms with van der Waals surface area (Å²) in [6, 6.07) is 21.9. The Bertz CT molecular complexity index is 919. The second-order valence-corrected chi connectivity index (χ2v) is 6.38. The van der Waals surface area contributed by atoms with Gasteiger partial charge in [-0.25, -0.2) is 4.79 Å². The highest BCUT2D eigenvalue weighted by atomic mass is 16.5. The molecule has 5 heteroatoms. The lowest BCUT2D eigenvalue weighted by atomic mass is 9.92. The largest absolute Gasteiger partial charge is 0.507 e. The monoisotopic (exact) mass is 378 g/mol. The lowest BCUT2D eigenvalue weighted by Gasteiger charge is -2.15. The van der Waals surface area contributed by atoms with Gasteiger partial charge in [0.05, 0.1) is 0 Å². The number of carboxylic acids is 1. The van der Waals surface area contributed by atoms with E-state index in [0.717, 1.165) is 22.6 Å². The van der Waals surface area contributed by atoms with Crippen molar-refractivity contribution in [3.05, 3.63) is 89.5 Å². The maximum Gasteiger partial charge on any atom is 0.339 e. The summed E-state index contributed by atoms with van der Waals surface area (Å²) in [4.78, 5) is 11.2. The van der Waals surface area contributed by atoms with Crippen LogP contribution in [0.5, 0.6) is 17.2 Å². The van der Waals surface area contributed by atoms with Crippen molar-refractivity contribution < 1.29 is 24.5 Å². The summed E-state index contributed by atoms with van der Waals surface area (Å²) in [7, 11) is 0. The van der Waals surface area contributed by atoms with Gasteiger partial charge in [-0.1, -0.05) is 43.3 Å². The normalized spacial score (nSPS) is 11.6. The number of hydrogen-bond donors (Lipinski definition) is 2. The van der Waals surface area contributed by atoms with Crippen molar-refractivity contribution in [3.63, 3.8) is 0 Å². The molecule has 0 heterocycles. The molecule has 5 nitrogen and oxygen atoms in total. The predicted octanol–water partition coefficient (Wildman–Crippen LogP) is 4.70. The Morgan fingerprint density at radius 1 is 0.857 bits per heavy atom. The summed E-state index contributed by atoms with van der Waals surface area (Å²) < 4.78 is 11.3. The van der Waals surface area contributed by atoms with Crippen LogP contribution in [0.4, 0.5) is 0 Å². The second-order valence-electron chi connectivity index (χ2n) is 6.38. The van der Waals surface area contributed by atoms with E-state index in [1.54, 1.807) is 6.07 Å². The van der Waals surface area contributed by atoms with Crippen molar-refractivity contribution in [3.8, 4) is 17.2 Å². The molecule has 0 spiro atoms. The van der Waals surface area contributed by atoms with E-state index in [1.165, 1.54) is 12.1 Å². The van der Waals surface area contributed by atoms with E-state index in [-0.39, 0.29) is 17.2 Å². The lowest BCUT2D eigenvalue weighted by molar-refractivity contribution is 0.0693. The minimum Gasteiger partial charge on any atom is -0.507 e. The van der Waals surface area contributed by atoms with Crippen molar-refractivity contribution in [2.75, 3.05) is 13.2 Å². The maximum atomic E-state index is 11.2. The molecule has 0 saturated carbocycles. The average molecular weight is 378 g/mol. The highest BCUT2D eigenvalue weighted by Crippen LogP contribution is 2.29. The predicted molar refractivity (Wildman–Crippen MR) is 106 cm³/mol. The van der Waals surface area contributed by atoms with E-state index >= 15 is 0 Å². The van der Waals surface area contributed by atoms with E-state index in [4.69, 9.17) is 14.6 Å². The summed E-state index contributed by atoms with van der Waals surface area (Å²) in [5.41, 5.74) is 1.75. The summed E-state index contributed by atoms with van der Waals surface area (Å²) in [5.74, 6) is 0.154. The molecule has 1 unspecified atom stereocenters. The third-order valence-corrected chi connectivity index (χ3v) is 4.50. The van der Waals surface area contributed by atoms with Gasteiger partial charge in [0.2, 0.25) is 0 Å². The molecule has 0 radical (unpaired) electrons. The third kappa shape index (κ3) is 4.82. The Kier molecular flexibility index (Phi) is 6.17. The molecule has 1 atom stereocenters. The van der Waals surface area contributed by atoms with Crippen LogP contribution in [-0.4, -0.2) is 29.4 Å². The zero-order valence-corrected chi connectivity index (χ0v) is 15.5. The number of rotatable bonds is 8. The molecule has 0 amide bonds. The summed E-state index contributed by atoms with van der Waals surface area (Å²) in [6.07, 6.45) is 0. The van der Waals surface area contributed by atoms with Gasteiger partial charge in [0, 0.05) is 5.92 Å². The minimum atomic E-state index is -1.15. The Morgan fingerprint density at radius 3 is 2.04 bits per heavy atom. The molecule has 144 valence electrons. The first-order chi connectivity index (χ1) is 13.5. The molecule has 0 bridgehead atoms. The Balaban J connectivity index is 1.57. The molecule has 0 aliphatic carbocycles. The number of aromatic carboxylic acids is 1. The maximum absolute atomic E-state index is 11.2. The summed E-state index contributed by atoms with van der Waals surface area (Å²) in [6.45, 7) is 2.87. The van der Waals surface area contributed by atoms with Crippen molar-refractivity contribution in [2.45, 2.75) is 12.8 Å². The van der Waals surface area contributed by atoms with E-state index in [1.807, 2.05) is 61.5 Å². The molecule has 0 aliphatic rings. The van der Waals surface area contributed by atoms with Crippen molar-refractivity contribution >= 4 is 5.97 Å². The van der Waals surface area contributed by atoms with Crippen LogP contribution in [0.3, 0.4) is 0 Å². The van der Waals surface area contributed by atoms with Crippen LogP contribution >= 0.6 is 0 Å². The minimum absolute atomic E-state index is 0.0193. The Labute approximate surface area is 163 Å². The number of phenols is 1. The van der Waals surface area contributed by atoms with Gasteiger partial charge in [0.25, 0.3) is 0 Å². The van der Waals surface area contributed by atoms with Gasteiger partial charge in [-0.3, -0.25) is 0 Å².